The molecular formula is C21H23N5O3S. The molecule has 8 nitrogen and oxygen atoms in total. The molecule has 3 aromatic rings. The van der Waals surface area contributed by atoms with Gasteiger partial charge in [0.05, 0.1) is 23.2 Å². The summed E-state index contributed by atoms with van der Waals surface area (Å²) in [5, 5.41) is 4.88. The van der Waals surface area contributed by atoms with Gasteiger partial charge in [0, 0.05) is 32.7 Å². The topological polar surface area (TPSA) is 84.5 Å². The van der Waals surface area contributed by atoms with Crippen LogP contribution in [0.1, 0.15) is 28.9 Å². The van der Waals surface area contributed by atoms with Crippen molar-refractivity contribution in [2.75, 3.05) is 31.9 Å². The molecule has 0 N–H and O–H groups in total. The quantitative estimate of drug-likeness (QED) is 0.597. The van der Waals surface area contributed by atoms with E-state index in [2.05, 4.69) is 10.1 Å². The van der Waals surface area contributed by atoms with Crippen LogP contribution in [-0.4, -0.2) is 68.3 Å². The van der Waals surface area contributed by atoms with Gasteiger partial charge in [-0.25, -0.2) is 4.98 Å². The average molecular weight is 426 g/mol. The number of oxazole rings is 1. The Labute approximate surface area is 178 Å². The molecule has 2 aliphatic rings. The Morgan fingerprint density at radius 2 is 1.83 bits per heavy atom. The molecule has 2 aromatic heterocycles. The Bertz CT molecular complexity index is 1050. The molecule has 0 aliphatic carbocycles. The predicted octanol–water partition coefficient (Wildman–Crippen LogP) is 2.44. The lowest BCUT2D eigenvalue weighted by atomic mass is 10.1. The van der Waals surface area contributed by atoms with E-state index in [0.717, 1.165) is 48.2 Å². The number of aryl methyl sites for hydroxylation is 1. The first-order valence-corrected chi connectivity index (χ1v) is 11.3. The maximum Gasteiger partial charge on any atom is 0.257 e. The molecule has 2 aliphatic heterocycles. The van der Waals surface area contributed by atoms with Crippen LogP contribution in [0, 0.1) is 0 Å². The highest BCUT2D eigenvalue weighted by atomic mass is 32.2. The second-order valence-electron chi connectivity index (χ2n) is 7.59. The van der Waals surface area contributed by atoms with Gasteiger partial charge in [-0.1, -0.05) is 23.9 Å². The summed E-state index contributed by atoms with van der Waals surface area (Å²) in [6, 6.07) is 7.56. The Balaban J connectivity index is 1.15. The molecule has 1 saturated heterocycles. The molecule has 4 heterocycles. The van der Waals surface area contributed by atoms with E-state index in [1.54, 1.807) is 6.20 Å². The number of carbonyl (C=O) groups excluding carboxylic acids is 2. The van der Waals surface area contributed by atoms with Crippen molar-refractivity contribution < 1.29 is 14.0 Å². The lowest BCUT2D eigenvalue weighted by Gasteiger charge is -2.34. The van der Waals surface area contributed by atoms with Crippen LogP contribution in [0.3, 0.4) is 0 Å². The van der Waals surface area contributed by atoms with E-state index in [4.69, 9.17) is 4.42 Å². The number of thioether (sulfide) groups is 1. The van der Waals surface area contributed by atoms with Gasteiger partial charge in [-0.3, -0.25) is 14.3 Å². The lowest BCUT2D eigenvalue weighted by Crippen LogP contribution is -2.51. The third kappa shape index (κ3) is 3.69. The minimum Gasteiger partial charge on any atom is -0.431 e. The molecule has 1 aromatic carbocycles. The maximum absolute atomic E-state index is 12.9. The maximum atomic E-state index is 12.9. The summed E-state index contributed by atoms with van der Waals surface area (Å²) < 4.78 is 7.62. The van der Waals surface area contributed by atoms with Gasteiger partial charge in [-0.05, 0) is 31.4 Å². The van der Waals surface area contributed by atoms with Crippen LogP contribution in [0.25, 0.3) is 11.1 Å². The van der Waals surface area contributed by atoms with Crippen LogP contribution < -0.4 is 0 Å². The van der Waals surface area contributed by atoms with Gasteiger partial charge in [-0.15, -0.1) is 0 Å². The second-order valence-corrected chi connectivity index (χ2v) is 8.52. The van der Waals surface area contributed by atoms with Gasteiger partial charge in [0.1, 0.15) is 5.52 Å². The van der Waals surface area contributed by atoms with Crippen LogP contribution in [0.5, 0.6) is 0 Å². The second kappa shape index (κ2) is 8.14. The van der Waals surface area contributed by atoms with Gasteiger partial charge in [0.15, 0.2) is 5.58 Å². The van der Waals surface area contributed by atoms with Gasteiger partial charge < -0.3 is 14.2 Å². The highest BCUT2D eigenvalue weighted by Gasteiger charge is 2.28. The van der Waals surface area contributed by atoms with E-state index in [-0.39, 0.29) is 17.6 Å². The number of fused-ring (bicyclic) bond motifs is 2. The van der Waals surface area contributed by atoms with Crippen molar-refractivity contribution in [2.24, 2.45) is 0 Å². The zero-order chi connectivity index (χ0) is 20.5. The molecular weight excluding hydrogens is 402 g/mol. The summed E-state index contributed by atoms with van der Waals surface area (Å²) in [5.41, 5.74) is 3.30. The van der Waals surface area contributed by atoms with Crippen molar-refractivity contribution in [1.82, 2.24) is 24.6 Å². The molecule has 0 spiro atoms. The third-order valence-electron chi connectivity index (χ3n) is 5.73. The molecule has 30 heavy (non-hydrogen) atoms. The van der Waals surface area contributed by atoms with Crippen LogP contribution in [-0.2, 0) is 17.8 Å². The SMILES string of the molecule is O=C(CSc1nc2ccccc2o1)N1CCN(C(=O)c2cnn3c2CCCC3)CC1. The molecule has 2 amide bonds. The molecule has 0 saturated carbocycles. The van der Waals surface area contributed by atoms with Crippen LogP contribution in [0.15, 0.2) is 40.1 Å². The lowest BCUT2D eigenvalue weighted by molar-refractivity contribution is -0.129. The van der Waals surface area contributed by atoms with Crippen molar-refractivity contribution in [3.63, 3.8) is 0 Å². The monoisotopic (exact) mass is 425 g/mol. The highest BCUT2D eigenvalue weighted by Crippen LogP contribution is 2.24. The Hall–Kier alpha value is -2.81. The average Bonchev–Trinajstić information content (AvgIpc) is 3.41. The van der Waals surface area contributed by atoms with E-state index >= 15 is 0 Å². The number of carbonyl (C=O) groups is 2. The van der Waals surface area contributed by atoms with Crippen LogP contribution in [0.4, 0.5) is 0 Å². The number of hydrogen-bond acceptors (Lipinski definition) is 6. The van der Waals surface area contributed by atoms with Crippen molar-refractivity contribution in [2.45, 2.75) is 31.0 Å². The van der Waals surface area contributed by atoms with Gasteiger partial charge >= 0.3 is 0 Å². The molecule has 0 radical (unpaired) electrons. The number of benzene rings is 1. The summed E-state index contributed by atoms with van der Waals surface area (Å²) in [6.07, 6.45) is 4.83. The zero-order valence-electron chi connectivity index (χ0n) is 16.6. The third-order valence-corrected chi connectivity index (χ3v) is 6.54. The Morgan fingerprint density at radius 1 is 1.03 bits per heavy atom. The number of hydrogen-bond donors (Lipinski definition) is 0. The Morgan fingerprint density at radius 3 is 2.67 bits per heavy atom. The molecule has 5 rings (SSSR count). The largest absolute Gasteiger partial charge is 0.431 e. The first-order chi connectivity index (χ1) is 14.7. The van der Waals surface area contributed by atoms with Crippen LogP contribution in [0.2, 0.25) is 0 Å². The molecule has 9 heteroatoms. The van der Waals surface area contributed by atoms with Crippen LogP contribution >= 0.6 is 11.8 Å². The summed E-state index contributed by atoms with van der Waals surface area (Å²) in [6.45, 7) is 3.07. The predicted molar refractivity (Wildman–Crippen MR) is 112 cm³/mol. The summed E-state index contributed by atoms with van der Waals surface area (Å²) in [5.74, 6) is 0.348. The van der Waals surface area contributed by atoms with Gasteiger partial charge in [-0.2, -0.15) is 5.10 Å². The van der Waals surface area contributed by atoms with Gasteiger partial charge in [0.25, 0.3) is 11.1 Å². The number of rotatable bonds is 4. The molecule has 0 atom stereocenters. The standard InChI is InChI=1S/C21H23N5O3S/c27-19(14-30-21-23-16-5-1-2-7-18(16)29-21)24-9-11-25(12-10-24)20(28)15-13-22-26-8-4-3-6-17(15)26/h1-2,5,7,13H,3-4,6,8-12,14H2. The van der Waals surface area contributed by atoms with Crippen molar-refractivity contribution in [3.05, 3.63) is 41.7 Å². The Kier molecular flexibility index (Phi) is 5.20. The zero-order valence-corrected chi connectivity index (χ0v) is 17.4. The number of amides is 2. The smallest absolute Gasteiger partial charge is 0.257 e. The van der Waals surface area contributed by atoms with Crippen molar-refractivity contribution in [3.8, 4) is 0 Å². The van der Waals surface area contributed by atoms with Crippen molar-refractivity contribution >= 4 is 34.7 Å². The van der Waals surface area contributed by atoms with E-state index in [0.29, 0.717) is 31.4 Å². The van der Waals surface area contributed by atoms with E-state index in [9.17, 15) is 9.59 Å². The minimum absolute atomic E-state index is 0.0334. The first-order valence-electron chi connectivity index (χ1n) is 10.3. The fraction of sp³-hybridized carbons (Fsp3) is 0.429. The highest BCUT2D eigenvalue weighted by molar-refractivity contribution is 7.99. The number of aromatic nitrogens is 3. The molecule has 0 bridgehead atoms. The fourth-order valence-corrected chi connectivity index (χ4v) is 4.80. The molecule has 1 fully saturated rings. The molecule has 0 unspecified atom stereocenters. The number of piperazine rings is 1. The van der Waals surface area contributed by atoms with E-state index in [1.807, 2.05) is 38.7 Å². The van der Waals surface area contributed by atoms with E-state index in [1.165, 1.54) is 11.8 Å². The number of nitrogens with zero attached hydrogens (tertiary/aromatic N) is 5. The van der Waals surface area contributed by atoms with Crippen molar-refractivity contribution in [1.29, 1.82) is 0 Å². The summed E-state index contributed by atoms with van der Waals surface area (Å²) in [4.78, 5) is 33.6. The van der Waals surface area contributed by atoms with E-state index < -0.39 is 0 Å². The molecule has 156 valence electrons. The number of para-hydroxylation sites is 2. The fourth-order valence-electron chi connectivity index (χ4n) is 4.06. The first kappa shape index (κ1) is 19.2. The summed E-state index contributed by atoms with van der Waals surface area (Å²) in [7, 11) is 0. The minimum atomic E-state index is 0.0334. The normalized spacial score (nSPS) is 16.7. The summed E-state index contributed by atoms with van der Waals surface area (Å²) >= 11 is 1.31. The van der Waals surface area contributed by atoms with Gasteiger partial charge in [0.2, 0.25) is 5.91 Å².